The quantitative estimate of drug-likeness (QED) is 0.172. The summed E-state index contributed by atoms with van der Waals surface area (Å²) in [5, 5.41) is 0. The van der Waals surface area contributed by atoms with E-state index < -0.39 is 0 Å². The molecule has 6 aliphatic carbocycles. The summed E-state index contributed by atoms with van der Waals surface area (Å²) in [6.07, 6.45) is 8.16. The highest BCUT2D eigenvalue weighted by Gasteiger charge is 2.84. The molecular formula is C54H51N. The Labute approximate surface area is 327 Å². The fraction of sp³-hybridized carbons (Fsp3) is 0.333. The van der Waals surface area contributed by atoms with Gasteiger partial charge < -0.3 is 4.90 Å². The van der Waals surface area contributed by atoms with E-state index in [-0.39, 0.29) is 16.2 Å². The van der Waals surface area contributed by atoms with Crippen LogP contribution in [-0.2, 0) is 16.2 Å². The van der Waals surface area contributed by atoms with Crippen LogP contribution in [0.3, 0.4) is 0 Å². The standard InChI is InChI=1S/C54H51N/c1-51(2)27-28-52(3,4)50-44(51)19-12-20-46(50)55(39-23-21-36(22-24-39)35-13-7-5-8-14-35)40-25-26-42-43-18-11-17-41(37-15-9-6-10-16-37)49(43)54(45(42)32-40)47-30-34-29-38-31-48(54)53(38,47)33-34/h5-26,32,34,38,47-48H,27-31,33H2,1-4H3. The van der Waals surface area contributed by atoms with Gasteiger partial charge in [0, 0.05) is 16.8 Å². The predicted molar refractivity (Wildman–Crippen MR) is 228 cm³/mol. The van der Waals surface area contributed by atoms with E-state index in [4.69, 9.17) is 0 Å². The summed E-state index contributed by atoms with van der Waals surface area (Å²) < 4.78 is 0. The van der Waals surface area contributed by atoms with E-state index in [1.165, 1.54) is 100 Å². The Bertz CT molecular complexity index is 2530. The molecule has 4 fully saturated rings. The molecule has 272 valence electrons. The van der Waals surface area contributed by atoms with Crippen molar-refractivity contribution >= 4 is 17.1 Å². The van der Waals surface area contributed by atoms with Gasteiger partial charge in [-0.15, -0.1) is 0 Å². The van der Waals surface area contributed by atoms with Gasteiger partial charge in [-0.05, 0) is 164 Å². The van der Waals surface area contributed by atoms with Crippen LogP contribution >= 0.6 is 0 Å². The second-order valence-electron chi connectivity index (χ2n) is 19.6. The molecule has 0 radical (unpaired) electrons. The minimum atomic E-state index is 0.0623. The third kappa shape index (κ3) is 4.05. The minimum Gasteiger partial charge on any atom is -0.310 e. The normalized spacial score (nSPS) is 29.1. The molecule has 1 nitrogen and oxygen atoms in total. The molecule has 0 amide bonds. The summed E-state index contributed by atoms with van der Waals surface area (Å²) >= 11 is 0. The molecule has 0 heterocycles. The first-order valence-electron chi connectivity index (χ1n) is 21.2. The lowest BCUT2D eigenvalue weighted by atomic mass is 9.26. The van der Waals surface area contributed by atoms with Gasteiger partial charge in [0.05, 0.1) is 5.69 Å². The molecule has 4 saturated carbocycles. The molecule has 0 saturated heterocycles. The van der Waals surface area contributed by atoms with Gasteiger partial charge in [-0.25, -0.2) is 0 Å². The first-order valence-corrected chi connectivity index (χ1v) is 21.2. The van der Waals surface area contributed by atoms with Gasteiger partial charge in [0.1, 0.15) is 0 Å². The molecule has 2 spiro atoms. The van der Waals surface area contributed by atoms with E-state index in [0.717, 1.165) is 23.7 Å². The van der Waals surface area contributed by atoms with E-state index in [9.17, 15) is 0 Å². The Hall–Kier alpha value is -4.88. The SMILES string of the molecule is CC1(C)CCC(C)(C)c2c(N(c3ccc(-c4ccccc4)cc3)c3ccc4c(c3)C3(c5c(-c6ccccc6)cccc5-4)C4CC5CC6CC3C64C5)cccc21. The predicted octanol–water partition coefficient (Wildman–Crippen LogP) is 14.2. The molecule has 6 unspecified atom stereocenters. The van der Waals surface area contributed by atoms with Crippen molar-refractivity contribution < 1.29 is 0 Å². The molecule has 6 aliphatic rings. The first-order chi connectivity index (χ1) is 26.7. The lowest BCUT2D eigenvalue weighted by molar-refractivity contribution is -0.231. The maximum Gasteiger partial charge on any atom is 0.0502 e. The van der Waals surface area contributed by atoms with Crippen molar-refractivity contribution in [2.45, 2.75) is 82.5 Å². The average Bonchev–Trinajstić information content (AvgIpc) is 3.84. The van der Waals surface area contributed by atoms with E-state index >= 15 is 0 Å². The van der Waals surface area contributed by atoms with Gasteiger partial charge in [0.2, 0.25) is 0 Å². The highest BCUT2D eigenvalue weighted by molar-refractivity contribution is 5.93. The average molecular weight is 714 g/mol. The van der Waals surface area contributed by atoms with Crippen LogP contribution in [-0.4, -0.2) is 0 Å². The molecule has 6 atom stereocenters. The highest BCUT2D eigenvalue weighted by Crippen LogP contribution is 2.90. The molecular weight excluding hydrogens is 663 g/mol. The van der Waals surface area contributed by atoms with E-state index in [1.54, 1.807) is 11.1 Å². The molecule has 0 aromatic heterocycles. The second kappa shape index (κ2) is 10.9. The van der Waals surface area contributed by atoms with Crippen LogP contribution in [0.4, 0.5) is 17.1 Å². The fourth-order valence-electron chi connectivity index (χ4n) is 14.2. The van der Waals surface area contributed by atoms with E-state index in [2.05, 4.69) is 172 Å². The number of nitrogens with zero attached hydrogens (tertiary/aromatic N) is 1. The number of anilines is 3. The van der Waals surface area contributed by atoms with Crippen LogP contribution in [0.5, 0.6) is 0 Å². The van der Waals surface area contributed by atoms with Gasteiger partial charge in [-0.3, -0.25) is 0 Å². The summed E-state index contributed by atoms with van der Waals surface area (Å²) in [6, 6.07) is 53.6. The minimum absolute atomic E-state index is 0.0623. The molecule has 55 heavy (non-hydrogen) atoms. The topological polar surface area (TPSA) is 3.24 Å². The third-order valence-electron chi connectivity index (χ3n) is 16.4. The van der Waals surface area contributed by atoms with Gasteiger partial charge in [-0.2, -0.15) is 0 Å². The van der Waals surface area contributed by atoms with Crippen molar-refractivity contribution in [1.29, 1.82) is 0 Å². The molecule has 1 heteroatoms. The van der Waals surface area contributed by atoms with Gasteiger partial charge >= 0.3 is 0 Å². The maximum atomic E-state index is 2.70. The Balaban J connectivity index is 1.09. The molecule has 0 N–H and O–H groups in total. The summed E-state index contributed by atoms with van der Waals surface area (Å²) in [4.78, 5) is 2.64. The largest absolute Gasteiger partial charge is 0.310 e. The summed E-state index contributed by atoms with van der Waals surface area (Å²) in [6.45, 7) is 9.88. The van der Waals surface area contributed by atoms with Crippen LogP contribution in [0.15, 0.2) is 140 Å². The molecule has 12 rings (SSSR count). The van der Waals surface area contributed by atoms with Crippen LogP contribution in [0.1, 0.15) is 88.5 Å². The van der Waals surface area contributed by atoms with Crippen molar-refractivity contribution in [2.24, 2.45) is 29.1 Å². The zero-order valence-electron chi connectivity index (χ0n) is 32.8. The molecule has 6 aromatic carbocycles. The number of rotatable bonds is 5. The fourth-order valence-corrected chi connectivity index (χ4v) is 14.2. The van der Waals surface area contributed by atoms with Gasteiger partial charge in [0.15, 0.2) is 0 Å². The van der Waals surface area contributed by atoms with Gasteiger partial charge in [0.25, 0.3) is 0 Å². The Kier molecular flexibility index (Phi) is 6.42. The molecule has 0 aliphatic heterocycles. The summed E-state index contributed by atoms with van der Waals surface area (Å²) in [5.74, 6) is 3.35. The lowest BCUT2D eigenvalue weighted by Crippen LogP contribution is -2.73. The zero-order chi connectivity index (χ0) is 36.9. The number of benzene rings is 6. The number of hydrogen-bond acceptors (Lipinski definition) is 1. The monoisotopic (exact) mass is 713 g/mol. The van der Waals surface area contributed by atoms with E-state index in [1.807, 2.05) is 0 Å². The number of fused-ring (bicyclic) bond motifs is 9. The summed E-state index contributed by atoms with van der Waals surface area (Å²) in [5.41, 5.74) is 19.3. The Morgan fingerprint density at radius 3 is 1.91 bits per heavy atom. The summed E-state index contributed by atoms with van der Waals surface area (Å²) in [7, 11) is 0. The molecule has 2 bridgehead atoms. The van der Waals surface area contributed by atoms with Crippen molar-refractivity contribution in [3.63, 3.8) is 0 Å². The zero-order valence-corrected chi connectivity index (χ0v) is 32.8. The van der Waals surface area contributed by atoms with Gasteiger partial charge in [-0.1, -0.05) is 137 Å². The van der Waals surface area contributed by atoms with E-state index in [0.29, 0.717) is 5.41 Å². The van der Waals surface area contributed by atoms with Crippen LogP contribution in [0.2, 0.25) is 0 Å². The second-order valence-corrected chi connectivity index (χ2v) is 19.6. The molecule has 6 aromatic rings. The lowest BCUT2D eigenvalue weighted by Gasteiger charge is -2.76. The van der Waals surface area contributed by atoms with Crippen molar-refractivity contribution in [3.8, 4) is 33.4 Å². The smallest absolute Gasteiger partial charge is 0.0502 e. The maximum absolute atomic E-state index is 2.70. The Morgan fingerprint density at radius 1 is 0.491 bits per heavy atom. The Morgan fingerprint density at radius 2 is 1.15 bits per heavy atom. The van der Waals surface area contributed by atoms with Crippen molar-refractivity contribution in [3.05, 3.63) is 162 Å². The van der Waals surface area contributed by atoms with Crippen LogP contribution < -0.4 is 4.90 Å². The van der Waals surface area contributed by atoms with Crippen LogP contribution in [0, 0.1) is 29.1 Å². The van der Waals surface area contributed by atoms with Crippen LogP contribution in [0.25, 0.3) is 33.4 Å². The van der Waals surface area contributed by atoms with Crippen molar-refractivity contribution in [1.82, 2.24) is 0 Å². The highest BCUT2D eigenvalue weighted by atomic mass is 15.1. The van der Waals surface area contributed by atoms with Crippen molar-refractivity contribution in [2.75, 3.05) is 4.90 Å². The number of hydrogen-bond donors (Lipinski definition) is 0. The third-order valence-corrected chi connectivity index (χ3v) is 16.4. The first kappa shape index (κ1) is 32.4.